The fourth-order valence-corrected chi connectivity index (χ4v) is 2.75. The number of thioether (sulfide) groups is 1. The zero-order chi connectivity index (χ0) is 12.1. The molecule has 0 fully saturated rings. The maximum Gasteiger partial charge on any atom is 0.0670 e. The van der Waals surface area contributed by atoms with Crippen molar-refractivity contribution < 1.29 is 0 Å². The Morgan fingerprint density at radius 2 is 2.00 bits per heavy atom. The third-order valence-electron chi connectivity index (χ3n) is 3.31. The Morgan fingerprint density at radius 1 is 1.24 bits per heavy atom. The van der Waals surface area contributed by atoms with Gasteiger partial charge in [0.05, 0.1) is 6.04 Å². The Labute approximate surface area is 108 Å². The first-order valence-electron chi connectivity index (χ1n) is 6.14. The Bertz CT molecular complexity index is 384. The summed E-state index contributed by atoms with van der Waals surface area (Å²) >= 11 is 1.77. The molecule has 92 valence electrons. The van der Waals surface area contributed by atoms with Crippen molar-refractivity contribution in [1.29, 1.82) is 0 Å². The largest absolute Gasteiger partial charge is 0.271 e. The van der Waals surface area contributed by atoms with Gasteiger partial charge in [0.1, 0.15) is 0 Å². The van der Waals surface area contributed by atoms with Crippen LogP contribution in [0.3, 0.4) is 0 Å². The van der Waals surface area contributed by atoms with Crippen LogP contribution in [0.25, 0.3) is 0 Å². The highest BCUT2D eigenvalue weighted by molar-refractivity contribution is 7.98. The van der Waals surface area contributed by atoms with Crippen molar-refractivity contribution in [2.75, 3.05) is 6.26 Å². The molecule has 1 aromatic rings. The molecular weight excluding hydrogens is 228 g/mol. The molecule has 1 atom stereocenters. The van der Waals surface area contributed by atoms with Gasteiger partial charge in [-0.15, -0.1) is 11.8 Å². The number of hydrazine groups is 1. The molecule has 1 aromatic carbocycles. The maximum absolute atomic E-state index is 5.71. The van der Waals surface area contributed by atoms with E-state index in [1.807, 2.05) is 0 Å². The van der Waals surface area contributed by atoms with Gasteiger partial charge in [0.25, 0.3) is 0 Å². The van der Waals surface area contributed by atoms with Crippen molar-refractivity contribution in [1.82, 2.24) is 5.43 Å². The lowest BCUT2D eigenvalue weighted by molar-refractivity contribution is 0.565. The topological polar surface area (TPSA) is 38.0 Å². The van der Waals surface area contributed by atoms with Gasteiger partial charge in [-0.05, 0) is 49.6 Å². The molecule has 17 heavy (non-hydrogen) atoms. The molecule has 0 aromatic heterocycles. The fourth-order valence-electron chi connectivity index (χ4n) is 2.34. The van der Waals surface area contributed by atoms with E-state index in [0.29, 0.717) is 0 Å². The van der Waals surface area contributed by atoms with Crippen molar-refractivity contribution in [2.24, 2.45) is 5.84 Å². The van der Waals surface area contributed by atoms with Gasteiger partial charge in [-0.2, -0.15) is 0 Å². The van der Waals surface area contributed by atoms with Crippen molar-refractivity contribution in [3.8, 4) is 0 Å². The number of nitrogens with one attached hydrogen (secondary N) is 1. The van der Waals surface area contributed by atoms with Crippen LogP contribution >= 0.6 is 11.8 Å². The van der Waals surface area contributed by atoms with Crippen LogP contribution < -0.4 is 11.3 Å². The molecule has 1 aliphatic carbocycles. The molecule has 2 rings (SSSR count). The fraction of sp³-hybridized carbons (Fsp3) is 0.429. The second-order valence-electron chi connectivity index (χ2n) is 4.40. The van der Waals surface area contributed by atoms with Crippen molar-refractivity contribution in [2.45, 2.75) is 36.6 Å². The average Bonchev–Trinajstić information content (AvgIpc) is 2.42. The van der Waals surface area contributed by atoms with Crippen LogP contribution in [0.5, 0.6) is 0 Å². The monoisotopic (exact) mass is 248 g/mol. The predicted molar refractivity (Wildman–Crippen MR) is 74.8 cm³/mol. The van der Waals surface area contributed by atoms with E-state index in [9.17, 15) is 0 Å². The number of hydrogen-bond donors (Lipinski definition) is 2. The summed E-state index contributed by atoms with van der Waals surface area (Å²) in [5, 5.41) is 0. The number of allylic oxidation sites excluding steroid dienone is 1. The molecular formula is C14H20N2S. The number of benzene rings is 1. The molecule has 1 aliphatic rings. The molecule has 0 amide bonds. The minimum Gasteiger partial charge on any atom is -0.271 e. The highest BCUT2D eigenvalue weighted by Gasteiger charge is 2.16. The first-order valence-corrected chi connectivity index (χ1v) is 7.36. The second kappa shape index (κ2) is 6.24. The lowest BCUT2D eigenvalue weighted by atomic mass is 9.90. The number of rotatable bonds is 4. The van der Waals surface area contributed by atoms with Crippen LogP contribution in [0.15, 0.2) is 40.8 Å². The third kappa shape index (κ3) is 3.12. The van der Waals surface area contributed by atoms with E-state index in [1.165, 1.54) is 41.7 Å². The first-order chi connectivity index (χ1) is 8.35. The van der Waals surface area contributed by atoms with Gasteiger partial charge >= 0.3 is 0 Å². The summed E-state index contributed by atoms with van der Waals surface area (Å²) in [6.07, 6.45) is 9.39. The lowest BCUT2D eigenvalue weighted by Crippen LogP contribution is -2.30. The van der Waals surface area contributed by atoms with E-state index in [-0.39, 0.29) is 6.04 Å². The quantitative estimate of drug-likeness (QED) is 0.371. The second-order valence-corrected chi connectivity index (χ2v) is 5.28. The van der Waals surface area contributed by atoms with Crippen LogP contribution in [0.2, 0.25) is 0 Å². The summed E-state index contributed by atoms with van der Waals surface area (Å²) in [6.45, 7) is 0. The van der Waals surface area contributed by atoms with Crippen molar-refractivity contribution in [3.05, 3.63) is 41.5 Å². The zero-order valence-corrected chi connectivity index (χ0v) is 11.1. The SMILES string of the molecule is CSc1ccc(C(NN)C2=CCCCC2)cc1. The normalized spacial score (nSPS) is 17.6. The van der Waals surface area contributed by atoms with E-state index in [0.717, 1.165) is 0 Å². The molecule has 0 heterocycles. The summed E-state index contributed by atoms with van der Waals surface area (Å²) in [6, 6.07) is 8.85. The maximum atomic E-state index is 5.71. The van der Waals surface area contributed by atoms with Gasteiger partial charge in [0.15, 0.2) is 0 Å². The standard InChI is InChI=1S/C14H20N2S/c1-17-13-9-7-12(8-10-13)14(16-15)11-5-3-2-4-6-11/h5,7-10,14,16H,2-4,6,15H2,1H3. The Morgan fingerprint density at radius 3 is 2.53 bits per heavy atom. The van der Waals surface area contributed by atoms with E-state index in [4.69, 9.17) is 5.84 Å². The van der Waals surface area contributed by atoms with Gasteiger partial charge in [0.2, 0.25) is 0 Å². The van der Waals surface area contributed by atoms with Gasteiger partial charge in [-0.3, -0.25) is 5.84 Å². The molecule has 2 nitrogen and oxygen atoms in total. The molecule has 0 bridgehead atoms. The van der Waals surface area contributed by atoms with Gasteiger partial charge in [0, 0.05) is 4.90 Å². The first kappa shape index (κ1) is 12.7. The van der Waals surface area contributed by atoms with E-state index in [2.05, 4.69) is 42.0 Å². The highest BCUT2D eigenvalue weighted by atomic mass is 32.2. The smallest absolute Gasteiger partial charge is 0.0670 e. The minimum absolute atomic E-state index is 0.186. The minimum atomic E-state index is 0.186. The van der Waals surface area contributed by atoms with Crippen LogP contribution in [-0.4, -0.2) is 6.26 Å². The average molecular weight is 248 g/mol. The van der Waals surface area contributed by atoms with Crippen LogP contribution in [0.1, 0.15) is 37.3 Å². The number of hydrogen-bond acceptors (Lipinski definition) is 3. The zero-order valence-electron chi connectivity index (χ0n) is 10.3. The van der Waals surface area contributed by atoms with E-state index >= 15 is 0 Å². The predicted octanol–water partition coefficient (Wildman–Crippen LogP) is 3.41. The van der Waals surface area contributed by atoms with Crippen LogP contribution in [0, 0.1) is 0 Å². The Balaban J connectivity index is 2.18. The van der Waals surface area contributed by atoms with Gasteiger partial charge in [-0.25, -0.2) is 5.43 Å². The summed E-state index contributed by atoms with van der Waals surface area (Å²) in [7, 11) is 0. The van der Waals surface area contributed by atoms with E-state index in [1.54, 1.807) is 11.8 Å². The Hall–Kier alpha value is -0.770. The summed E-state index contributed by atoms with van der Waals surface area (Å²) < 4.78 is 0. The summed E-state index contributed by atoms with van der Waals surface area (Å²) in [5.74, 6) is 5.71. The highest BCUT2D eigenvalue weighted by Crippen LogP contribution is 2.30. The molecule has 0 saturated carbocycles. The lowest BCUT2D eigenvalue weighted by Gasteiger charge is -2.23. The summed E-state index contributed by atoms with van der Waals surface area (Å²) in [4.78, 5) is 1.29. The molecule has 0 aliphatic heterocycles. The molecule has 1 unspecified atom stereocenters. The van der Waals surface area contributed by atoms with Crippen LogP contribution in [-0.2, 0) is 0 Å². The van der Waals surface area contributed by atoms with E-state index < -0.39 is 0 Å². The molecule has 0 radical (unpaired) electrons. The van der Waals surface area contributed by atoms with Gasteiger partial charge in [-0.1, -0.05) is 23.8 Å². The van der Waals surface area contributed by atoms with Crippen molar-refractivity contribution in [3.63, 3.8) is 0 Å². The number of nitrogens with two attached hydrogens (primary N) is 1. The summed E-state index contributed by atoms with van der Waals surface area (Å²) in [5.41, 5.74) is 5.65. The molecule has 3 heteroatoms. The molecule has 0 saturated heterocycles. The van der Waals surface area contributed by atoms with Gasteiger partial charge < -0.3 is 0 Å². The molecule has 3 N–H and O–H groups in total. The van der Waals surface area contributed by atoms with Crippen LogP contribution in [0.4, 0.5) is 0 Å². The Kier molecular flexibility index (Phi) is 4.66. The third-order valence-corrected chi connectivity index (χ3v) is 4.06. The van der Waals surface area contributed by atoms with Crippen molar-refractivity contribution >= 4 is 11.8 Å². The molecule has 0 spiro atoms.